The highest BCUT2D eigenvalue weighted by atomic mass is 16.5. The first-order chi connectivity index (χ1) is 16.6. The molecular weight excluding hydrogens is 456 g/mol. The summed E-state index contributed by atoms with van der Waals surface area (Å²) in [7, 11) is 1.30. The maximum absolute atomic E-state index is 13.0. The van der Waals surface area contributed by atoms with Crippen LogP contribution in [-0.2, 0) is 30.3 Å². The van der Waals surface area contributed by atoms with Crippen molar-refractivity contribution in [2.75, 3.05) is 25.5 Å². The monoisotopic (exact) mass is 492 g/mol. The summed E-state index contributed by atoms with van der Waals surface area (Å²) in [6.45, 7) is 3.91. The zero-order chi connectivity index (χ0) is 26.4. The van der Waals surface area contributed by atoms with Crippen molar-refractivity contribution in [3.05, 3.63) is 29.8 Å². The molecule has 194 valence electrons. The second-order valence-corrected chi connectivity index (χ2v) is 8.26. The molecule has 0 fully saturated rings. The van der Waals surface area contributed by atoms with E-state index in [4.69, 9.17) is 11.5 Å². The lowest BCUT2D eigenvalue weighted by Gasteiger charge is -2.25. The van der Waals surface area contributed by atoms with Crippen molar-refractivity contribution in [2.45, 2.75) is 51.6 Å². The van der Waals surface area contributed by atoms with Gasteiger partial charge in [-0.05, 0) is 36.5 Å². The van der Waals surface area contributed by atoms with E-state index in [-0.39, 0.29) is 50.1 Å². The number of hydrogen-bond donors (Lipinski definition) is 6. The third-order valence-electron chi connectivity index (χ3n) is 5.04. The molecule has 2 atom stereocenters. The molecule has 1 unspecified atom stereocenters. The topological polar surface area (TPSA) is 195 Å². The van der Waals surface area contributed by atoms with Crippen LogP contribution in [0.4, 0.5) is 10.5 Å². The summed E-state index contributed by atoms with van der Waals surface area (Å²) < 4.78 is 4.64. The van der Waals surface area contributed by atoms with Gasteiger partial charge in [-0.2, -0.15) is 0 Å². The molecule has 0 aliphatic heterocycles. The number of esters is 1. The average Bonchev–Trinajstić information content (AvgIpc) is 2.80. The van der Waals surface area contributed by atoms with E-state index in [1.54, 1.807) is 38.1 Å². The summed E-state index contributed by atoms with van der Waals surface area (Å²) in [4.78, 5) is 60.2. The number of carbonyl (C=O) groups excluding carboxylic acids is 5. The van der Waals surface area contributed by atoms with E-state index in [1.165, 1.54) is 7.11 Å². The summed E-state index contributed by atoms with van der Waals surface area (Å²) in [5.74, 6) is -1.97. The molecule has 0 aromatic heterocycles. The van der Waals surface area contributed by atoms with Crippen molar-refractivity contribution >= 4 is 35.4 Å². The predicted molar refractivity (Wildman–Crippen MR) is 130 cm³/mol. The van der Waals surface area contributed by atoms with E-state index in [2.05, 4.69) is 26.0 Å². The van der Waals surface area contributed by atoms with Crippen LogP contribution in [0.25, 0.3) is 0 Å². The van der Waals surface area contributed by atoms with Gasteiger partial charge in [0.15, 0.2) is 0 Å². The Bertz CT molecular complexity index is 874. The molecule has 0 spiro atoms. The van der Waals surface area contributed by atoms with E-state index in [0.717, 1.165) is 0 Å². The second-order valence-electron chi connectivity index (χ2n) is 8.26. The molecule has 0 saturated carbocycles. The summed E-state index contributed by atoms with van der Waals surface area (Å²) >= 11 is 0. The molecule has 8 N–H and O–H groups in total. The van der Waals surface area contributed by atoms with Crippen LogP contribution >= 0.6 is 0 Å². The van der Waals surface area contributed by atoms with Crippen molar-refractivity contribution < 1.29 is 28.7 Å². The van der Waals surface area contributed by atoms with Crippen molar-refractivity contribution in [1.82, 2.24) is 16.0 Å². The Hall–Kier alpha value is -3.67. The van der Waals surface area contributed by atoms with Gasteiger partial charge in [-0.3, -0.25) is 19.2 Å². The molecule has 0 saturated heterocycles. The highest BCUT2D eigenvalue weighted by molar-refractivity contribution is 5.98. The molecule has 0 heterocycles. The molecule has 1 aromatic carbocycles. The second kappa shape index (κ2) is 15.3. The van der Waals surface area contributed by atoms with Crippen LogP contribution in [-0.4, -0.2) is 62.0 Å². The van der Waals surface area contributed by atoms with Gasteiger partial charge in [-0.15, -0.1) is 0 Å². The SMILES string of the molecule is COC(=O)Cc1ccc(NC(=O)[C@H](CCCNC(N)=O)NC(=O)C(NC(=O)CCN)C(C)C)cc1. The summed E-state index contributed by atoms with van der Waals surface area (Å²) in [6, 6.07) is 4.13. The number of benzene rings is 1. The fourth-order valence-corrected chi connectivity index (χ4v) is 3.13. The standard InChI is InChI=1S/C23H36N6O6/c1-14(2)20(29-18(30)10-11-24)22(33)28-17(5-4-12-26-23(25)34)21(32)27-16-8-6-15(7-9-16)13-19(31)35-3/h6-9,14,17,20H,4-5,10-13,24H2,1-3H3,(H,27,32)(H,28,33)(H,29,30)(H3,25,26,34)/t17-,20?/m0/s1. The molecule has 1 rings (SSSR count). The largest absolute Gasteiger partial charge is 0.469 e. The maximum atomic E-state index is 13.0. The molecule has 12 heteroatoms. The quantitative estimate of drug-likeness (QED) is 0.152. The smallest absolute Gasteiger partial charge is 0.312 e. The van der Waals surface area contributed by atoms with Gasteiger partial charge in [0, 0.05) is 25.2 Å². The van der Waals surface area contributed by atoms with Crippen LogP contribution in [0.2, 0.25) is 0 Å². The van der Waals surface area contributed by atoms with Gasteiger partial charge in [0.1, 0.15) is 12.1 Å². The Labute approximate surface area is 204 Å². The zero-order valence-electron chi connectivity index (χ0n) is 20.4. The minimum atomic E-state index is -0.945. The van der Waals surface area contributed by atoms with Crippen molar-refractivity contribution in [3.8, 4) is 0 Å². The summed E-state index contributed by atoms with van der Waals surface area (Å²) in [5, 5.41) is 10.5. The fraction of sp³-hybridized carbons (Fsp3) is 0.522. The van der Waals surface area contributed by atoms with Crippen molar-refractivity contribution in [1.29, 1.82) is 0 Å². The normalized spacial score (nSPS) is 12.3. The van der Waals surface area contributed by atoms with E-state index in [1.807, 2.05) is 0 Å². The maximum Gasteiger partial charge on any atom is 0.312 e. The van der Waals surface area contributed by atoms with Gasteiger partial charge in [0.25, 0.3) is 0 Å². The van der Waals surface area contributed by atoms with Gasteiger partial charge >= 0.3 is 12.0 Å². The number of urea groups is 1. The fourth-order valence-electron chi connectivity index (χ4n) is 3.13. The number of nitrogens with one attached hydrogen (secondary N) is 4. The molecule has 0 radical (unpaired) electrons. The molecule has 1 aromatic rings. The van der Waals surface area contributed by atoms with Gasteiger partial charge in [-0.25, -0.2) is 4.79 Å². The number of ether oxygens (including phenoxy) is 1. The van der Waals surface area contributed by atoms with Crippen LogP contribution in [0.1, 0.15) is 38.7 Å². The zero-order valence-corrected chi connectivity index (χ0v) is 20.4. The molecule has 0 bridgehead atoms. The van der Waals surface area contributed by atoms with E-state index in [9.17, 15) is 24.0 Å². The lowest BCUT2D eigenvalue weighted by Crippen LogP contribution is -2.54. The lowest BCUT2D eigenvalue weighted by molar-refractivity contribution is -0.139. The van der Waals surface area contributed by atoms with Gasteiger partial charge < -0.3 is 37.5 Å². The Morgan fingerprint density at radius 2 is 1.66 bits per heavy atom. The Balaban J connectivity index is 2.91. The highest BCUT2D eigenvalue weighted by Gasteiger charge is 2.28. The minimum absolute atomic E-state index is 0.0746. The number of hydrogen-bond acceptors (Lipinski definition) is 7. The third-order valence-corrected chi connectivity index (χ3v) is 5.04. The first-order valence-electron chi connectivity index (χ1n) is 11.4. The number of carbonyl (C=O) groups is 5. The third kappa shape index (κ3) is 11.3. The highest BCUT2D eigenvalue weighted by Crippen LogP contribution is 2.12. The van der Waals surface area contributed by atoms with Crippen molar-refractivity contribution in [2.24, 2.45) is 17.4 Å². The molecule has 0 aliphatic rings. The van der Waals surface area contributed by atoms with Gasteiger partial charge in [0.2, 0.25) is 17.7 Å². The lowest BCUT2D eigenvalue weighted by atomic mass is 10.0. The average molecular weight is 493 g/mol. The molecule has 35 heavy (non-hydrogen) atoms. The number of nitrogens with two attached hydrogens (primary N) is 2. The Morgan fingerprint density at radius 1 is 1.00 bits per heavy atom. The van der Waals surface area contributed by atoms with E-state index in [0.29, 0.717) is 17.7 Å². The number of primary amides is 1. The van der Waals surface area contributed by atoms with Crippen LogP contribution in [0.3, 0.4) is 0 Å². The molecule has 5 amide bonds. The van der Waals surface area contributed by atoms with Crippen molar-refractivity contribution in [3.63, 3.8) is 0 Å². The van der Waals surface area contributed by atoms with Crippen LogP contribution in [0, 0.1) is 5.92 Å². The van der Waals surface area contributed by atoms with Gasteiger partial charge in [0.05, 0.1) is 13.5 Å². The minimum Gasteiger partial charge on any atom is -0.469 e. The number of methoxy groups -OCH3 is 1. The molecule has 0 aliphatic carbocycles. The van der Waals surface area contributed by atoms with Gasteiger partial charge in [-0.1, -0.05) is 26.0 Å². The van der Waals surface area contributed by atoms with Crippen LogP contribution in [0.15, 0.2) is 24.3 Å². The number of amides is 5. The van der Waals surface area contributed by atoms with E-state index >= 15 is 0 Å². The van der Waals surface area contributed by atoms with Crippen LogP contribution < -0.4 is 32.7 Å². The number of rotatable bonds is 14. The van der Waals surface area contributed by atoms with E-state index < -0.39 is 29.9 Å². The van der Waals surface area contributed by atoms with Crippen LogP contribution in [0.5, 0.6) is 0 Å². The number of anilines is 1. The molecule has 12 nitrogen and oxygen atoms in total. The molecular formula is C23H36N6O6. The summed E-state index contributed by atoms with van der Waals surface area (Å²) in [5.41, 5.74) is 11.7. The first-order valence-corrected chi connectivity index (χ1v) is 11.4. The summed E-state index contributed by atoms with van der Waals surface area (Å²) in [6.07, 6.45) is 0.749. The first kappa shape index (κ1) is 29.4. The Kier molecular flexibility index (Phi) is 12.8. The Morgan fingerprint density at radius 3 is 2.20 bits per heavy atom. The predicted octanol–water partition coefficient (Wildman–Crippen LogP) is -0.236.